The van der Waals surface area contributed by atoms with Gasteiger partial charge in [0.1, 0.15) is 5.02 Å². The molecule has 0 unspecified atom stereocenters. The molecule has 0 amide bonds. The quantitative estimate of drug-likeness (QED) is 0.550. The van der Waals surface area contributed by atoms with E-state index in [4.69, 9.17) is 23.2 Å². The van der Waals surface area contributed by atoms with Gasteiger partial charge in [-0.2, -0.15) is 10.2 Å². The zero-order chi connectivity index (χ0) is 19.4. The van der Waals surface area contributed by atoms with Crippen LogP contribution in [0.1, 0.15) is 31.2 Å². The minimum atomic E-state index is -0.151. The van der Waals surface area contributed by atoms with E-state index in [1.807, 2.05) is 0 Å². The van der Waals surface area contributed by atoms with Crippen molar-refractivity contribution in [1.29, 1.82) is 5.26 Å². The summed E-state index contributed by atoms with van der Waals surface area (Å²) in [7, 11) is 0. The fraction of sp³-hybridized carbons (Fsp3) is 0.389. The minimum Gasteiger partial charge on any atom is -0.392 e. The molecule has 3 rings (SSSR count). The predicted octanol–water partition coefficient (Wildman–Crippen LogP) is 5.28. The van der Waals surface area contributed by atoms with Crippen LogP contribution in [0.3, 0.4) is 0 Å². The Morgan fingerprint density at radius 1 is 1.26 bits per heavy atom. The molecule has 0 aliphatic heterocycles. The number of aliphatic hydroxyl groups is 1. The number of nitriles is 1. The van der Waals surface area contributed by atoms with Gasteiger partial charge >= 0.3 is 0 Å². The predicted molar refractivity (Wildman–Crippen MR) is 110 cm³/mol. The molecule has 2 aromatic rings. The number of halogens is 3. The van der Waals surface area contributed by atoms with E-state index in [1.165, 1.54) is 6.20 Å². The van der Waals surface area contributed by atoms with Crippen molar-refractivity contribution in [2.75, 3.05) is 10.6 Å². The third kappa shape index (κ3) is 4.82. The third-order valence-electron chi connectivity index (χ3n) is 4.53. The van der Waals surface area contributed by atoms with Crippen LogP contribution in [0.4, 0.5) is 17.5 Å². The monoisotopic (exact) mass is 469 g/mol. The highest BCUT2D eigenvalue weighted by molar-refractivity contribution is 9.10. The van der Waals surface area contributed by atoms with Crippen LogP contribution in [0.5, 0.6) is 0 Å². The molecular formula is C18H18BrCl2N5O. The van der Waals surface area contributed by atoms with Gasteiger partial charge in [0.2, 0.25) is 5.95 Å². The molecule has 0 saturated heterocycles. The van der Waals surface area contributed by atoms with E-state index in [0.29, 0.717) is 37.5 Å². The summed E-state index contributed by atoms with van der Waals surface area (Å²) in [5, 5.41) is 26.0. The number of aromatic nitrogens is 2. The molecule has 1 aliphatic carbocycles. The first-order chi connectivity index (χ1) is 13.0. The molecular weight excluding hydrogens is 453 g/mol. The van der Waals surface area contributed by atoms with Crippen molar-refractivity contribution in [1.82, 2.24) is 9.97 Å². The summed E-state index contributed by atoms with van der Waals surface area (Å²) in [6, 6.07) is 5.85. The van der Waals surface area contributed by atoms with E-state index in [9.17, 15) is 10.4 Å². The van der Waals surface area contributed by atoms with E-state index < -0.39 is 0 Å². The van der Waals surface area contributed by atoms with Crippen molar-refractivity contribution < 1.29 is 5.11 Å². The van der Waals surface area contributed by atoms with Gasteiger partial charge in [0.05, 0.1) is 29.8 Å². The Hall–Kier alpha value is -1.59. The minimum absolute atomic E-state index is 0.0205. The van der Waals surface area contributed by atoms with Crippen LogP contribution in [0.2, 0.25) is 10.0 Å². The standard InChI is InChI=1S/C18H18BrCl2N5O/c19-16-11(9-27)5-12(6-13(16)20)24-18-23-8-14(21)17(26-18)25-15-4-2-1-3-10(15)7-22/h5-6,8,10,15,27H,1-4,9H2,(H2,23,24,25,26)/t10-,15+/m0/s1. The molecule has 1 aliphatic rings. The Bertz CT molecular complexity index is 874. The average Bonchev–Trinajstić information content (AvgIpc) is 2.67. The number of benzene rings is 1. The van der Waals surface area contributed by atoms with Crippen LogP contribution in [-0.4, -0.2) is 21.1 Å². The maximum atomic E-state index is 9.44. The molecule has 9 heteroatoms. The number of anilines is 3. The Morgan fingerprint density at radius 3 is 2.78 bits per heavy atom. The molecule has 27 heavy (non-hydrogen) atoms. The zero-order valence-electron chi connectivity index (χ0n) is 14.3. The summed E-state index contributed by atoms with van der Waals surface area (Å²) < 4.78 is 0.649. The van der Waals surface area contributed by atoms with Crippen LogP contribution < -0.4 is 10.6 Å². The number of aliphatic hydroxyl groups excluding tert-OH is 1. The van der Waals surface area contributed by atoms with Crippen molar-refractivity contribution in [2.45, 2.75) is 38.3 Å². The van der Waals surface area contributed by atoms with Gasteiger partial charge in [-0.05, 0) is 46.5 Å². The van der Waals surface area contributed by atoms with E-state index in [-0.39, 0.29) is 18.6 Å². The first-order valence-corrected chi connectivity index (χ1v) is 10.1. The van der Waals surface area contributed by atoms with Crippen LogP contribution in [0, 0.1) is 17.2 Å². The number of rotatable bonds is 5. The molecule has 1 aromatic carbocycles. The molecule has 2 atom stereocenters. The van der Waals surface area contributed by atoms with Crippen molar-refractivity contribution in [3.05, 3.63) is 38.4 Å². The van der Waals surface area contributed by atoms with Crippen molar-refractivity contribution >= 4 is 56.6 Å². The van der Waals surface area contributed by atoms with Crippen molar-refractivity contribution in [2.24, 2.45) is 5.92 Å². The second kappa shape index (κ2) is 9.07. The summed E-state index contributed by atoms with van der Waals surface area (Å²) in [5.74, 6) is 0.777. The summed E-state index contributed by atoms with van der Waals surface area (Å²) >= 11 is 15.8. The Balaban J connectivity index is 1.81. The van der Waals surface area contributed by atoms with Gasteiger partial charge in [-0.1, -0.05) is 36.0 Å². The summed E-state index contributed by atoms with van der Waals surface area (Å²) in [6.07, 6.45) is 5.44. The van der Waals surface area contributed by atoms with Gasteiger partial charge in [-0.3, -0.25) is 0 Å². The molecule has 1 aromatic heterocycles. The molecule has 0 radical (unpaired) electrons. The fourth-order valence-corrected chi connectivity index (χ4v) is 3.86. The zero-order valence-corrected chi connectivity index (χ0v) is 17.4. The second-order valence-corrected chi connectivity index (χ2v) is 7.98. The lowest BCUT2D eigenvalue weighted by molar-refractivity contribution is 0.281. The van der Waals surface area contributed by atoms with Gasteiger partial charge < -0.3 is 15.7 Å². The van der Waals surface area contributed by atoms with E-state index in [1.54, 1.807) is 12.1 Å². The molecule has 1 saturated carbocycles. The summed E-state index contributed by atoms with van der Waals surface area (Å²) in [6.45, 7) is -0.151. The maximum absolute atomic E-state index is 9.44. The van der Waals surface area contributed by atoms with Crippen molar-refractivity contribution in [3.8, 4) is 6.07 Å². The largest absolute Gasteiger partial charge is 0.392 e. The maximum Gasteiger partial charge on any atom is 0.229 e. The second-order valence-electron chi connectivity index (χ2n) is 6.38. The smallest absolute Gasteiger partial charge is 0.229 e. The highest BCUT2D eigenvalue weighted by atomic mass is 79.9. The van der Waals surface area contributed by atoms with Gasteiger partial charge in [-0.15, -0.1) is 0 Å². The van der Waals surface area contributed by atoms with Crippen LogP contribution in [-0.2, 0) is 6.61 Å². The SMILES string of the molecule is N#C[C@@H]1CCCC[C@H]1Nc1nc(Nc2cc(Cl)c(Br)c(CO)c2)ncc1Cl. The van der Waals surface area contributed by atoms with Crippen LogP contribution in [0.15, 0.2) is 22.8 Å². The van der Waals surface area contributed by atoms with E-state index in [2.05, 4.69) is 42.6 Å². The number of hydrogen-bond acceptors (Lipinski definition) is 6. The van der Waals surface area contributed by atoms with Gasteiger partial charge in [0.25, 0.3) is 0 Å². The van der Waals surface area contributed by atoms with Gasteiger partial charge in [0.15, 0.2) is 5.82 Å². The van der Waals surface area contributed by atoms with E-state index >= 15 is 0 Å². The van der Waals surface area contributed by atoms with Crippen LogP contribution in [0.25, 0.3) is 0 Å². The highest BCUT2D eigenvalue weighted by Crippen LogP contribution is 2.32. The lowest BCUT2D eigenvalue weighted by Crippen LogP contribution is -2.31. The first-order valence-electron chi connectivity index (χ1n) is 8.56. The lowest BCUT2D eigenvalue weighted by atomic mass is 9.85. The van der Waals surface area contributed by atoms with E-state index in [0.717, 1.165) is 25.7 Å². The summed E-state index contributed by atoms with van der Waals surface area (Å²) in [5.41, 5.74) is 1.30. The molecule has 3 N–H and O–H groups in total. The number of hydrogen-bond donors (Lipinski definition) is 3. The van der Waals surface area contributed by atoms with Crippen molar-refractivity contribution in [3.63, 3.8) is 0 Å². The van der Waals surface area contributed by atoms with Gasteiger partial charge in [-0.25, -0.2) is 4.98 Å². The normalized spacial score (nSPS) is 19.4. The first kappa shape index (κ1) is 20.2. The molecule has 142 valence electrons. The van der Waals surface area contributed by atoms with Crippen LogP contribution >= 0.6 is 39.1 Å². The Labute approximate surface area is 176 Å². The topological polar surface area (TPSA) is 93.9 Å². The molecule has 1 heterocycles. The number of nitrogens with one attached hydrogen (secondary N) is 2. The Morgan fingerprint density at radius 2 is 2.04 bits per heavy atom. The molecule has 1 fully saturated rings. The average molecular weight is 471 g/mol. The highest BCUT2D eigenvalue weighted by Gasteiger charge is 2.26. The Kier molecular flexibility index (Phi) is 6.77. The number of nitrogens with zero attached hydrogens (tertiary/aromatic N) is 3. The molecule has 0 bridgehead atoms. The molecule has 6 nitrogen and oxygen atoms in total. The fourth-order valence-electron chi connectivity index (χ4n) is 3.12. The third-order valence-corrected chi connectivity index (χ3v) is 6.27. The lowest BCUT2D eigenvalue weighted by Gasteiger charge is -2.28. The van der Waals surface area contributed by atoms with Gasteiger partial charge in [0, 0.05) is 16.2 Å². The molecule has 0 spiro atoms. The summed E-state index contributed by atoms with van der Waals surface area (Å²) in [4.78, 5) is 8.64.